The van der Waals surface area contributed by atoms with E-state index in [0.29, 0.717) is 5.56 Å². The molecule has 0 spiro atoms. The van der Waals surface area contributed by atoms with Crippen molar-refractivity contribution in [2.24, 2.45) is 0 Å². The predicted octanol–water partition coefficient (Wildman–Crippen LogP) is 1.54. The third-order valence-corrected chi connectivity index (χ3v) is 2.39. The number of carboxylic acids is 1. The molecule has 0 aliphatic heterocycles. The molecule has 0 unspecified atom stereocenters. The zero-order valence-electron chi connectivity index (χ0n) is 9.18. The summed E-state index contributed by atoms with van der Waals surface area (Å²) in [6.45, 7) is 0.206. The van der Waals surface area contributed by atoms with E-state index in [0.717, 1.165) is 0 Å². The van der Waals surface area contributed by atoms with Crippen molar-refractivity contribution in [1.29, 1.82) is 0 Å². The van der Waals surface area contributed by atoms with Gasteiger partial charge in [0.2, 0.25) is 0 Å². The molecule has 7 heteroatoms. The number of para-hydroxylation sites is 1. The largest absolute Gasteiger partial charge is 0.476 e. The van der Waals surface area contributed by atoms with Crippen molar-refractivity contribution in [3.63, 3.8) is 0 Å². The summed E-state index contributed by atoms with van der Waals surface area (Å²) >= 11 is 0. The third kappa shape index (κ3) is 2.34. The molecule has 2 rings (SSSR count). The zero-order valence-corrected chi connectivity index (χ0v) is 9.18. The van der Waals surface area contributed by atoms with E-state index in [-0.39, 0.29) is 17.9 Å². The molecule has 18 heavy (non-hydrogen) atoms. The van der Waals surface area contributed by atoms with Gasteiger partial charge in [0.25, 0.3) is 5.69 Å². The Morgan fingerprint density at radius 3 is 2.78 bits per heavy atom. The summed E-state index contributed by atoms with van der Waals surface area (Å²) in [4.78, 5) is 24.7. The molecule has 0 aliphatic carbocycles. The molecule has 0 saturated heterocycles. The van der Waals surface area contributed by atoms with Crippen molar-refractivity contribution in [2.45, 2.75) is 6.54 Å². The minimum Gasteiger partial charge on any atom is -0.476 e. The van der Waals surface area contributed by atoms with Gasteiger partial charge in [0.05, 0.1) is 17.8 Å². The fourth-order valence-electron chi connectivity index (χ4n) is 1.58. The lowest BCUT2D eigenvalue weighted by Gasteiger charge is -2.03. The second-order valence-electron chi connectivity index (χ2n) is 3.62. The molecule has 7 nitrogen and oxygen atoms in total. The molecule has 0 radical (unpaired) electrons. The molecule has 2 aromatic rings. The van der Waals surface area contributed by atoms with Gasteiger partial charge in [-0.15, -0.1) is 0 Å². The van der Waals surface area contributed by atoms with Crippen LogP contribution < -0.4 is 0 Å². The van der Waals surface area contributed by atoms with Gasteiger partial charge in [-0.05, 0) is 0 Å². The maximum Gasteiger partial charge on any atom is 0.356 e. The van der Waals surface area contributed by atoms with Gasteiger partial charge in [0.15, 0.2) is 5.69 Å². The van der Waals surface area contributed by atoms with Crippen LogP contribution in [-0.4, -0.2) is 25.6 Å². The maximum atomic E-state index is 10.8. The highest BCUT2D eigenvalue weighted by Crippen LogP contribution is 2.18. The van der Waals surface area contributed by atoms with E-state index in [1.165, 1.54) is 23.2 Å². The Labute approximate surface area is 101 Å². The number of aromatic carboxylic acids is 1. The van der Waals surface area contributed by atoms with Crippen LogP contribution in [0, 0.1) is 10.1 Å². The van der Waals surface area contributed by atoms with Crippen molar-refractivity contribution in [3.05, 3.63) is 58.2 Å². The van der Waals surface area contributed by atoms with Crippen LogP contribution in [0.5, 0.6) is 0 Å². The Morgan fingerprint density at radius 2 is 2.17 bits per heavy atom. The van der Waals surface area contributed by atoms with E-state index in [9.17, 15) is 14.9 Å². The van der Waals surface area contributed by atoms with Gasteiger partial charge in [-0.2, -0.15) is 0 Å². The number of imidazole rings is 1. The number of rotatable bonds is 4. The number of carboxylic acid groups (broad SMARTS) is 1. The molecule has 0 atom stereocenters. The van der Waals surface area contributed by atoms with Crippen LogP contribution in [0.3, 0.4) is 0 Å². The van der Waals surface area contributed by atoms with E-state index < -0.39 is 10.9 Å². The van der Waals surface area contributed by atoms with Gasteiger partial charge >= 0.3 is 5.97 Å². The first-order valence-corrected chi connectivity index (χ1v) is 5.05. The summed E-state index contributed by atoms with van der Waals surface area (Å²) in [7, 11) is 0. The normalized spacial score (nSPS) is 10.2. The predicted molar refractivity (Wildman–Crippen MR) is 61.4 cm³/mol. The summed E-state index contributed by atoms with van der Waals surface area (Å²) in [6.07, 6.45) is 2.67. The van der Waals surface area contributed by atoms with Crippen molar-refractivity contribution in [1.82, 2.24) is 9.55 Å². The summed E-state index contributed by atoms with van der Waals surface area (Å²) < 4.78 is 1.49. The molecule has 0 bridgehead atoms. The Balaban J connectivity index is 2.28. The van der Waals surface area contributed by atoms with Gasteiger partial charge in [0.1, 0.15) is 0 Å². The Kier molecular flexibility index (Phi) is 3.05. The number of hydrogen-bond acceptors (Lipinski definition) is 4. The highest BCUT2D eigenvalue weighted by atomic mass is 16.6. The number of hydrogen-bond donors (Lipinski definition) is 1. The fourth-order valence-corrected chi connectivity index (χ4v) is 1.58. The molecular formula is C11H9N3O4. The molecule has 1 heterocycles. The van der Waals surface area contributed by atoms with Crippen LogP contribution in [0.2, 0.25) is 0 Å². The van der Waals surface area contributed by atoms with Crippen LogP contribution in [0.25, 0.3) is 0 Å². The van der Waals surface area contributed by atoms with Crippen LogP contribution in [0.4, 0.5) is 5.69 Å². The Hall–Kier alpha value is -2.70. The average Bonchev–Trinajstić information content (AvgIpc) is 2.78. The molecule has 0 amide bonds. The third-order valence-electron chi connectivity index (χ3n) is 2.39. The lowest BCUT2D eigenvalue weighted by molar-refractivity contribution is -0.385. The summed E-state index contributed by atoms with van der Waals surface area (Å²) in [5, 5.41) is 19.5. The highest BCUT2D eigenvalue weighted by Gasteiger charge is 2.13. The molecule has 92 valence electrons. The first kappa shape index (κ1) is 11.8. The number of nitro benzene ring substituents is 1. The SMILES string of the molecule is O=C(O)c1cn(Cc2ccccc2[N+](=O)[O-])cn1. The second kappa shape index (κ2) is 4.66. The molecule has 0 saturated carbocycles. The molecule has 0 fully saturated rings. The molecule has 1 N–H and O–H groups in total. The minimum absolute atomic E-state index is 0.00285. The Morgan fingerprint density at radius 1 is 1.44 bits per heavy atom. The van der Waals surface area contributed by atoms with Crippen LogP contribution in [0.1, 0.15) is 16.1 Å². The first-order valence-electron chi connectivity index (χ1n) is 5.05. The highest BCUT2D eigenvalue weighted by molar-refractivity contribution is 5.84. The number of benzene rings is 1. The van der Waals surface area contributed by atoms with Crippen molar-refractivity contribution in [3.8, 4) is 0 Å². The molecule has 0 aliphatic rings. The minimum atomic E-state index is -1.13. The monoisotopic (exact) mass is 247 g/mol. The van der Waals surface area contributed by atoms with E-state index in [4.69, 9.17) is 5.11 Å². The number of aromatic nitrogens is 2. The van der Waals surface area contributed by atoms with E-state index in [1.807, 2.05) is 0 Å². The van der Waals surface area contributed by atoms with Crippen molar-refractivity contribution >= 4 is 11.7 Å². The van der Waals surface area contributed by atoms with Crippen molar-refractivity contribution < 1.29 is 14.8 Å². The zero-order chi connectivity index (χ0) is 13.1. The van der Waals surface area contributed by atoms with Crippen LogP contribution >= 0.6 is 0 Å². The molecule has 1 aromatic heterocycles. The van der Waals surface area contributed by atoms with E-state index in [2.05, 4.69) is 4.98 Å². The van der Waals surface area contributed by atoms with Gasteiger partial charge in [-0.3, -0.25) is 10.1 Å². The van der Waals surface area contributed by atoms with Gasteiger partial charge in [0, 0.05) is 17.8 Å². The van der Waals surface area contributed by atoms with Gasteiger partial charge < -0.3 is 9.67 Å². The second-order valence-corrected chi connectivity index (χ2v) is 3.62. The Bertz CT molecular complexity index is 606. The molecular weight excluding hydrogens is 238 g/mol. The standard InChI is InChI=1S/C11H9N3O4/c15-11(16)9-6-13(7-12-9)5-8-3-1-2-4-10(8)14(17)18/h1-4,6-7H,5H2,(H,15,16). The lowest BCUT2D eigenvalue weighted by Crippen LogP contribution is -2.01. The lowest BCUT2D eigenvalue weighted by atomic mass is 10.2. The first-order chi connectivity index (χ1) is 8.58. The van der Waals surface area contributed by atoms with Gasteiger partial charge in [-0.1, -0.05) is 18.2 Å². The van der Waals surface area contributed by atoms with Crippen LogP contribution in [0.15, 0.2) is 36.8 Å². The van der Waals surface area contributed by atoms with E-state index >= 15 is 0 Å². The quantitative estimate of drug-likeness (QED) is 0.652. The topological polar surface area (TPSA) is 98.3 Å². The van der Waals surface area contributed by atoms with E-state index in [1.54, 1.807) is 18.2 Å². The summed E-state index contributed by atoms with van der Waals surface area (Å²) in [6, 6.07) is 6.30. The molecule has 1 aromatic carbocycles. The fraction of sp³-hybridized carbons (Fsp3) is 0.0909. The number of carbonyl (C=O) groups is 1. The van der Waals surface area contributed by atoms with Crippen molar-refractivity contribution in [2.75, 3.05) is 0 Å². The summed E-state index contributed by atoms with van der Waals surface area (Å²) in [5.74, 6) is -1.13. The van der Waals surface area contributed by atoms with Crippen LogP contribution in [-0.2, 0) is 6.54 Å². The maximum absolute atomic E-state index is 10.8. The average molecular weight is 247 g/mol. The van der Waals surface area contributed by atoms with Gasteiger partial charge in [-0.25, -0.2) is 9.78 Å². The number of nitro groups is 1. The smallest absolute Gasteiger partial charge is 0.356 e. The number of nitrogens with zero attached hydrogens (tertiary/aromatic N) is 3. The summed E-state index contributed by atoms with van der Waals surface area (Å²) in [5.41, 5.74) is 0.411.